The first-order chi connectivity index (χ1) is 23.4. The van der Waals surface area contributed by atoms with Crippen molar-refractivity contribution < 1.29 is 27.7 Å². The molecule has 1 atom stereocenters. The molecule has 1 saturated carbocycles. The number of rotatable bonds is 15. The number of anilines is 2. The Kier molecular flexibility index (Phi) is 11.6. The monoisotopic (exact) mass is 688 g/mol. The van der Waals surface area contributed by atoms with E-state index in [4.69, 9.17) is 35.6 Å². The molecular formula is C31H39ClF2N10O4. The first-order valence-corrected chi connectivity index (χ1v) is 16.4. The number of morpholine rings is 1. The van der Waals surface area contributed by atoms with Gasteiger partial charge in [-0.15, -0.1) is 10.2 Å². The summed E-state index contributed by atoms with van der Waals surface area (Å²) in [5, 5.41) is 19.6. The van der Waals surface area contributed by atoms with Crippen molar-refractivity contribution in [3.8, 4) is 22.8 Å². The van der Waals surface area contributed by atoms with Gasteiger partial charge in [0.1, 0.15) is 37.1 Å². The van der Waals surface area contributed by atoms with Crippen molar-refractivity contribution in [1.82, 2.24) is 44.9 Å². The van der Waals surface area contributed by atoms with Crippen LogP contribution in [-0.2, 0) is 16.0 Å². The molecule has 0 spiro atoms. The van der Waals surface area contributed by atoms with Crippen LogP contribution in [0.4, 0.5) is 20.4 Å². The quantitative estimate of drug-likeness (QED) is 0.174. The number of tetrazole rings is 1. The lowest BCUT2D eigenvalue weighted by Gasteiger charge is -2.38. The molecule has 1 aliphatic heterocycles. The highest BCUT2D eigenvalue weighted by atomic mass is 35.5. The van der Waals surface area contributed by atoms with Gasteiger partial charge in [0.25, 0.3) is 12.3 Å². The highest BCUT2D eigenvalue weighted by Gasteiger charge is 2.29. The summed E-state index contributed by atoms with van der Waals surface area (Å²) in [6.45, 7) is 5.33. The van der Waals surface area contributed by atoms with E-state index >= 15 is 0 Å². The van der Waals surface area contributed by atoms with E-state index in [2.05, 4.69) is 35.7 Å². The Labute approximate surface area is 281 Å². The smallest absolute Gasteiger partial charge is 0.261 e. The fraction of sp³-hybridized carbons (Fsp3) is 0.548. The van der Waals surface area contributed by atoms with Crippen LogP contribution in [0.1, 0.15) is 38.6 Å². The zero-order valence-electron chi connectivity index (χ0n) is 26.6. The Morgan fingerprint density at radius 1 is 1.04 bits per heavy atom. The molecule has 1 aliphatic carbocycles. The van der Waals surface area contributed by atoms with Crippen LogP contribution in [-0.4, -0.2) is 110 Å². The molecular weight excluding hydrogens is 650 g/mol. The van der Waals surface area contributed by atoms with Crippen molar-refractivity contribution >= 4 is 23.2 Å². The van der Waals surface area contributed by atoms with E-state index in [1.54, 1.807) is 23.1 Å². The molecule has 3 aromatic heterocycles. The summed E-state index contributed by atoms with van der Waals surface area (Å²) in [6, 6.07) is 6.23. The molecule has 1 saturated heterocycles. The Morgan fingerprint density at radius 2 is 1.81 bits per heavy atom. The molecule has 1 unspecified atom stereocenters. The van der Waals surface area contributed by atoms with Gasteiger partial charge >= 0.3 is 0 Å². The fourth-order valence-electron chi connectivity index (χ4n) is 5.97. The van der Waals surface area contributed by atoms with E-state index in [0.717, 1.165) is 63.1 Å². The minimum absolute atomic E-state index is 0.00965. The molecule has 2 aliphatic rings. The van der Waals surface area contributed by atoms with E-state index in [0.29, 0.717) is 40.9 Å². The number of hydrogen-bond donors (Lipinski definition) is 1. The number of hydrogen-bond acceptors (Lipinski definition) is 12. The van der Waals surface area contributed by atoms with Crippen LogP contribution in [0.2, 0.25) is 5.02 Å². The number of halogens is 3. The first-order valence-electron chi connectivity index (χ1n) is 16.1. The predicted octanol–water partition coefficient (Wildman–Crippen LogP) is 4.67. The number of nitrogens with one attached hydrogen (secondary N) is 1. The minimum atomic E-state index is -2.53. The van der Waals surface area contributed by atoms with Gasteiger partial charge in [0.2, 0.25) is 5.95 Å². The number of ether oxygens (including phenoxy) is 4. The number of benzene rings is 1. The van der Waals surface area contributed by atoms with Gasteiger partial charge in [-0.1, -0.05) is 17.7 Å². The van der Waals surface area contributed by atoms with Crippen molar-refractivity contribution in [3.05, 3.63) is 48.1 Å². The molecule has 1 aromatic carbocycles. The van der Waals surface area contributed by atoms with Gasteiger partial charge < -0.3 is 24.3 Å². The molecule has 0 radical (unpaired) electrons. The Hall–Kier alpha value is -3.99. The van der Waals surface area contributed by atoms with Crippen molar-refractivity contribution in [2.75, 3.05) is 51.4 Å². The molecule has 4 aromatic rings. The molecule has 14 nitrogen and oxygen atoms in total. The van der Waals surface area contributed by atoms with E-state index in [-0.39, 0.29) is 25.4 Å². The maximum absolute atomic E-state index is 12.5. The lowest BCUT2D eigenvalue weighted by molar-refractivity contribution is 0.00467. The van der Waals surface area contributed by atoms with Crippen LogP contribution in [0, 0.1) is 0 Å². The van der Waals surface area contributed by atoms with Gasteiger partial charge in [-0.25, -0.2) is 23.4 Å². The zero-order valence-corrected chi connectivity index (χ0v) is 27.4. The summed E-state index contributed by atoms with van der Waals surface area (Å²) >= 11 is 6.43. The van der Waals surface area contributed by atoms with E-state index in [9.17, 15) is 8.78 Å². The average molecular weight is 689 g/mol. The highest BCUT2D eigenvalue weighted by Crippen LogP contribution is 2.35. The number of aromatic nitrogens is 8. The molecule has 17 heteroatoms. The standard InChI is InChI=1S/C31H39ClF2N10O4/c1-21(17-43-20-37-40-41-43)48-28-14-22(2-7-26(28)32)23-15-35-31(36-16-23)38-27-18-44(39-30(27)47-13-12-46-19-29(33)34)25-5-3-24(4-6-25)42-8-10-45-11-9-42/h2,7,14-16,18,20-21,24-25,29H,3-6,8-13,17,19H2,1H3,(H,35,36,38). The summed E-state index contributed by atoms with van der Waals surface area (Å²) in [6.07, 6.45) is 8.15. The van der Waals surface area contributed by atoms with Crippen molar-refractivity contribution in [1.29, 1.82) is 0 Å². The van der Waals surface area contributed by atoms with Crippen LogP contribution in [0.25, 0.3) is 11.1 Å². The van der Waals surface area contributed by atoms with E-state index < -0.39 is 13.0 Å². The third-order valence-electron chi connectivity index (χ3n) is 8.34. The maximum atomic E-state index is 12.5. The van der Waals surface area contributed by atoms with Crippen LogP contribution in [0.5, 0.6) is 11.6 Å². The second kappa shape index (κ2) is 16.4. The lowest BCUT2D eigenvalue weighted by Crippen LogP contribution is -2.45. The number of nitrogens with zero attached hydrogens (tertiary/aromatic N) is 9. The van der Waals surface area contributed by atoms with Gasteiger partial charge in [-0.2, -0.15) is 0 Å². The topological polar surface area (TPSA) is 139 Å². The van der Waals surface area contributed by atoms with Crippen LogP contribution >= 0.6 is 11.6 Å². The van der Waals surface area contributed by atoms with Crippen molar-refractivity contribution in [2.45, 2.75) is 63.8 Å². The molecule has 0 bridgehead atoms. The second-order valence-corrected chi connectivity index (χ2v) is 12.2. The summed E-state index contributed by atoms with van der Waals surface area (Å²) in [4.78, 5) is 11.6. The Bertz CT molecular complexity index is 1570. The Balaban J connectivity index is 1.11. The molecule has 48 heavy (non-hydrogen) atoms. The second-order valence-electron chi connectivity index (χ2n) is 11.8. The van der Waals surface area contributed by atoms with E-state index in [1.165, 1.54) is 6.33 Å². The zero-order chi connectivity index (χ0) is 33.3. The molecule has 258 valence electrons. The molecule has 2 fully saturated rings. The van der Waals surface area contributed by atoms with Crippen LogP contribution in [0.15, 0.2) is 43.1 Å². The molecule has 4 heterocycles. The maximum Gasteiger partial charge on any atom is 0.261 e. The van der Waals surface area contributed by atoms with E-state index in [1.807, 2.05) is 29.9 Å². The molecule has 0 amide bonds. The summed E-state index contributed by atoms with van der Waals surface area (Å²) < 4.78 is 51.0. The SMILES string of the molecule is CC(Cn1cnnn1)Oc1cc(-c2cnc(Nc3cn(C4CCC(N5CCOCC5)CC4)nc3OCCOCC(F)F)nc2)ccc1Cl. The van der Waals surface area contributed by atoms with Gasteiger partial charge in [0, 0.05) is 37.1 Å². The van der Waals surface area contributed by atoms with Gasteiger partial charge in [0.05, 0.1) is 43.6 Å². The third-order valence-corrected chi connectivity index (χ3v) is 8.65. The van der Waals surface area contributed by atoms with Gasteiger partial charge in [-0.05, 0) is 60.7 Å². The predicted molar refractivity (Wildman–Crippen MR) is 172 cm³/mol. The summed E-state index contributed by atoms with van der Waals surface area (Å²) in [5.41, 5.74) is 2.16. The molecule has 1 N–H and O–H groups in total. The van der Waals surface area contributed by atoms with Gasteiger partial charge in [-0.3, -0.25) is 9.58 Å². The van der Waals surface area contributed by atoms with Gasteiger partial charge in [0.15, 0.2) is 0 Å². The highest BCUT2D eigenvalue weighted by molar-refractivity contribution is 6.32. The Morgan fingerprint density at radius 3 is 2.54 bits per heavy atom. The first kappa shape index (κ1) is 33.9. The largest absolute Gasteiger partial charge is 0.487 e. The lowest BCUT2D eigenvalue weighted by atomic mass is 9.90. The third kappa shape index (κ3) is 9.12. The average Bonchev–Trinajstić information content (AvgIpc) is 3.76. The summed E-state index contributed by atoms with van der Waals surface area (Å²) in [5.74, 6) is 1.19. The van der Waals surface area contributed by atoms with Crippen LogP contribution < -0.4 is 14.8 Å². The van der Waals surface area contributed by atoms with Crippen molar-refractivity contribution in [3.63, 3.8) is 0 Å². The van der Waals surface area contributed by atoms with Crippen LogP contribution in [0.3, 0.4) is 0 Å². The van der Waals surface area contributed by atoms with Crippen molar-refractivity contribution in [2.24, 2.45) is 0 Å². The normalized spacial score (nSPS) is 19.4. The molecule has 6 rings (SSSR count). The number of alkyl halides is 2. The minimum Gasteiger partial charge on any atom is -0.487 e. The summed E-state index contributed by atoms with van der Waals surface area (Å²) in [7, 11) is 0. The fourth-order valence-corrected chi connectivity index (χ4v) is 6.13.